The van der Waals surface area contributed by atoms with Crippen LogP contribution in [0.25, 0.3) is 0 Å². The van der Waals surface area contributed by atoms with Crippen molar-refractivity contribution in [2.45, 2.75) is 32.7 Å². The van der Waals surface area contributed by atoms with E-state index in [0.29, 0.717) is 19.0 Å². The molecule has 2 aromatic heterocycles. The third-order valence-corrected chi connectivity index (χ3v) is 4.00. The van der Waals surface area contributed by atoms with Gasteiger partial charge in [-0.15, -0.1) is 0 Å². The van der Waals surface area contributed by atoms with Crippen LogP contribution in [0.1, 0.15) is 24.6 Å². The Morgan fingerprint density at radius 1 is 1.30 bits per heavy atom. The summed E-state index contributed by atoms with van der Waals surface area (Å²) in [7, 11) is 2.04. The summed E-state index contributed by atoms with van der Waals surface area (Å²) in [6.07, 6.45) is 6.50. The van der Waals surface area contributed by atoms with E-state index in [1.807, 2.05) is 25.4 Å². The Hall–Kier alpha value is -2.27. The van der Waals surface area contributed by atoms with E-state index in [1.165, 1.54) is 5.56 Å². The molecule has 2 rings (SSSR count). The maximum absolute atomic E-state index is 12.0. The Morgan fingerprint density at radius 2 is 2.09 bits per heavy atom. The lowest BCUT2D eigenvalue weighted by Crippen LogP contribution is -2.34. The highest BCUT2D eigenvalue weighted by molar-refractivity contribution is 5.90. The van der Waals surface area contributed by atoms with Gasteiger partial charge in [0.15, 0.2) is 0 Å². The van der Waals surface area contributed by atoms with Gasteiger partial charge in [-0.05, 0) is 44.7 Å². The first-order valence-electron chi connectivity index (χ1n) is 7.87. The Balaban J connectivity index is 1.78. The number of anilines is 1. The minimum atomic E-state index is 0.00562. The average molecular weight is 312 g/mol. The molecule has 5 nitrogen and oxygen atoms in total. The average Bonchev–Trinajstić information content (AvgIpc) is 2.55. The molecule has 0 spiro atoms. The number of aromatic nitrogens is 2. The van der Waals surface area contributed by atoms with E-state index in [1.54, 1.807) is 18.5 Å². The summed E-state index contributed by atoms with van der Waals surface area (Å²) in [5.41, 5.74) is 3.06. The summed E-state index contributed by atoms with van der Waals surface area (Å²) in [5.74, 6) is 0.00562. The number of hydrogen-bond acceptors (Lipinski definition) is 4. The van der Waals surface area contributed by atoms with E-state index in [-0.39, 0.29) is 5.91 Å². The molecule has 0 fully saturated rings. The second kappa shape index (κ2) is 8.39. The Morgan fingerprint density at radius 3 is 2.78 bits per heavy atom. The summed E-state index contributed by atoms with van der Waals surface area (Å²) in [6, 6.07) is 8.00. The number of pyridine rings is 2. The van der Waals surface area contributed by atoms with Crippen molar-refractivity contribution in [2.24, 2.45) is 0 Å². The highest BCUT2D eigenvalue weighted by Gasteiger charge is 2.13. The smallest absolute Gasteiger partial charge is 0.225 e. The molecule has 1 atom stereocenters. The Kier molecular flexibility index (Phi) is 6.23. The summed E-state index contributed by atoms with van der Waals surface area (Å²) in [4.78, 5) is 22.6. The van der Waals surface area contributed by atoms with Crippen molar-refractivity contribution >= 4 is 11.6 Å². The highest BCUT2D eigenvalue weighted by atomic mass is 16.1. The minimum absolute atomic E-state index is 0.00562. The lowest BCUT2D eigenvalue weighted by Gasteiger charge is -2.24. The van der Waals surface area contributed by atoms with E-state index in [9.17, 15) is 4.79 Å². The van der Waals surface area contributed by atoms with Crippen LogP contribution in [0.4, 0.5) is 5.69 Å². The lowest BCUT2D eigenvalue weighted by atomic mass is 10.1. The fourth-order valence-electron chi connectivity index (χ4n) is 2.33. The third kappa shape index (κ3) is 5.45. The largest absolute Gasteiger partial charge is 0.325 e. The van der Waals surface area contributed by atoms with E-state index in [0.717, 1.165) is 17.8 Å². The maximum atomic E-state index is 12.0. The van der Waals surface area contributed by atoms with Crippen LogP contribution >= 0.6 is 0 Å². The molecule has 0 aliphatic rings. The molecule has 23 heavy (non-hydrogen) atoms. The summed E-state index contributed by atoms with van der Waals surface area (Å²) < 4.78 is 0. The van der Waals surface area contributed by atoms with Crippen molar-refractivity contribution < 1.29 is 4.79 Å². The quantitative estimate of drug-likeness (QED) is 0.854. The first-order chi connectivity index (χ1) is 11.1. The molecule has 1 amide bonds. The first-order valence-corrected chi connectivity index (χ1v) is 7.87. The number of hydrogen-bond donors (Lipinski definition) is 1. The molecule has 0 unspecified atom stereocenters. The molecule has 0 saturated heterocycles. The predicted molar refractivity (Wildman–Crippen MR) is 92.3 cm³/mol. The monoisotopic (exact) mass is 312 g/mol. The van der Waals surface area contributed by atoms with Crippen LogP contribution in [-0.4, -0.2) is 40.4 Å². The fourth-order valence-corrected chi connectivity index (χ4v) is 2.33. The van der Waals surface area contributed by atoms with Crippen molar-refractivity contribution in [3.05, 3.63) is 54.1 Å². The molecule has 0 aromatic carbocycles. The number of nitrogens with one attached hydrogen (secondary N) is 1. The number of amides is 1. The number of carbonyl (C=O) groups excluding carboxylic acids is 1. The molecular weight excluding hydrogens is 288 g/mol. The van der Waals surface area contributed by atoms with Crippen LogP contribution < -0.4 is 5.32 Å². The first kappa shape index (κ1) is 17.1. The van der Waals surface area contributed by atoms with E-state index >= 15 is 0 Å². The lowest BCUT2D eigenvalue weighted by molar-refractivity contribution is -0.116. The number of rotatable bonds is 7. The van der Waals surface area contributed by atoms with Gasteiger partial charge in [0.05, 0.1) is 11.9 Å². The molecule has 2 heterocycles. The van der Waals surface area contributed by atoms with Gasteiger partial charge in [0.25, 0.3) is 0 Å². The van der Waals surface area contributed by atoms with Crippen LogP contribution in [-0.2, 0) is 11.2 Å². The minimum Gasteiger partial charge on any atom is -0.325 e. The number of carbonyl (C=O) groups is 1. The second-order valence-electron chi connectivity index (χ2n) is 5.84. The van der Waals surface area contributed by atoms with Crippen molar-refractivity contribution in [1.82, 2.24) is 14.9 Å². The van der Waals surface area contributed by atoms with Crippen molar-refractivity contribution in [3.63, 3.8) is 0 Å². The molecule has 0 aliphatic heterocycles. The highest BCUT2D eigenvalue weighted by Crippen LogP contribution is 2.10. The van der Waals surface area contributed by atoms with Gasteiger partial charge in [-0.1, -0.05) is 6.07 Å². The van der Waals surface area contributed by atoms with Crippen molar-refractivity contribution in [2.75, 3.05) is 18.9 Å². The summed E-state index contributed by atoms with van der Waals surface area (Å²) in [5, 5.41) is 2.85. The SMILES string of the molecule is Cc1cccnc1C[C@@H](C)N(C)CCC(=O)Nc1cccnc1. The van der Waals surface area contributed by atoms with Crippen molar-refractivity contribution in [3.8, 4) is 0 Å². The van der Waals surface area contributed by atoms with Gasteiger partial charge >= 0.3 is 0 Å². The molecule has 0 radical (unpaired) electrons. The van der Waals surface area contributed by atoms with Gasteiger partial charge in [-0.2, -0.15) is 0 Å². The molecule has 0 bridgehead atoms. The number of likely N-dealkylation sites (N-methyl/N-ethyl adjacent to an activating group) is 1. The van der Waals surface area contributed by atoms with E-state index < -0.39 is 0 Å². The number of nitrogens with zero attached hydrogens (tertiary/aromatic N) is 3. The summed E-state index contributed by atoms with van der Waals surface area (Å²) >= 11 is 0. The van der Waals surface area contributed by atoms with Gasteiger partial charge in [0.2, 0.25) is 5.91 Å². The molecule has 1 N–H and O–H groups in total. The van der Waals surface area contributed by atoms with Crippen LogP contribution in [0.15, 0.2) is 42.9 Å². The molecule has 122 valence electrons. The predicted octanol–water partition coefficient (Wildman–Crippen LogP) is 2.68. The summed E-state index contributed by atoms with van der Waals surface area (Å²) in [6.45, 7) is 4.95. The molecule has 2 aromatic rings. The maximum Gasteiger partial charge on any atom is 0.225 e. The van der Waals surface area contributed by atoms with Crippen LogP contribution in [0.3, 0.4) is 0 Å². The Labute approximate surface area is 137 Å². The van der Waals surface area contributed by atoms with Gasteiger partial charge in [-0.25, -0.2) is 0 Å². The zero-order valence-electron chi connectivity index (χ0n) is 14.0. The van der Waals surface area contributed by atoms with Crippen LogP contribution in [0.2, 0.25) is 0 Å². The molecule has 0 saturated carbocycles. The van der Waals surface area contributed by atoms with Gasteiger partial charge in [0.1, 0.15) is 0 Å². The van der Waals surface area contributed by atoms with Gasteiger partial charge in [0, 0.05) is 43.5 Å². The van der Waals surface area contributed by atoms with Gasteiger partial charge < -0.3 is 10.2 Å². The normalized spacial score (nSPS) is 12.2. The van der Waals surface area contributed by atoms with Crippen molar-refractivity contribution in [1.29, 1.82) is 0 Å². The Bertz CT molecular complexity index is 630. The topological polar surface area (TPSA) is 58.1 Å². The third-order valence-electron chi connectivity index (χ3n) is 4.00. The molecule has 5 heteroatoms. The standard InChI is InChI=1S/C18H24N4O/c1-14-6-4-10-20-17(14)12-15(2)22(3)11-8-18(23)21-16-7-5-9-19-13-16/h4-7,9-10,13,15H,8,11-12H2,1-3H3,(H,21,23)/t15-/m1/s1. The second-order valence-corrected chi connectivity index (χ2v) is 5.84. The van der Waals surface area contributed by atoms with Crippen LogP contribution in [0.5, 0.6) is 0 Å². The fraction of sp³-hybridized carbons (Fsp3) is 0.389. The van der Waals surface area contributed by atoms with E-state index in [4.69, 9.17) is 0 Å². The van der Waals surface area contributed by atoms with Gasteiger partial charge in [-0.3, -0.25) is 14.8 Å². The molecule has 0 aliphatic carbocycles. The number of aryl methyl sites for hydroxylation is 1. The van der Waals surface area contributed by atoms with Crippen LogP contribution in [0, 0.1) is 6.92 Å². The zero-order chi connectivity index (χ0) is 16.7. The zero-order valence-corrected chi connectivity index (χ0v) is 14.0. The molecular formula is C18H24N4O. The van der Waals surface area contributed by atoms with E-state index in [2.05, 4.69) is 40.1 Å².